The Hall–Kier alpha value is -4.04. The molecule has 2 aliphatic rings. The van der Waals surface area contributed by atoms with Crippen LogP contribution < -0.4 is 10.7 Å². The van der Waals surface area contributed by atoms with Crippen molar-refractivity contribution in [3.63, 3.8) is 0 Å². The molecule has 0 saturated heterocycles. The number of likely N-dealkylation sites (N-methyl/N-ethyl adjacent to an activating group) is 1. The first-order valence-electron chi connectivity index (χ1n) is 11.5. The summed E-state index contributed by atoms with van der Waals surface area (Å²) < 4.78 is 2.43. The molecule has 2 aliphatic heterocycles. The second-order valence-electron chi connectivity index (χ2n) is 8.71. The second kappa shape index (κ2) is 8.14. The third kappa shape index (κ3) is 3.44. The van der Waals surface area contributed by atoms with Crippen LogP contribution >= 0.6 is 0 Å². The molecule has 0 amide bonds. The van der Waals surface area contributed by atoms with Gasteiger partial charge in [0.1, 0.15) is 0 Å². The van der Waals surface area contributed by atoms with Crippen LogP contribution in [-0.4, -0.2) is 16.5 Å². The van der Waals surface area contributed by atoms with Gasteiger partial charge in [-0.05, 0) is 46.6 Å². The van der Waals surface area contributed by atoms with Crippen LogP contribution in [0.4, 0.5) is 0 Å². The van der Waals surface area contributed by atoms with E-state index in [-0.39, 0.29) is 6.04 Å². The van der Waals surface area contributed by atoms with Gasteiger partial charge in [-0.2, -0.15) is 0 Å². The highest BCUT2D eigenvalue weighted by atomic mass is 15.1. The summed E-state index contributed by atoms with van der Waals surface area (Å²) in [7, 11) is 2.16. The summed E-state index contributed by atoms with van der Waals surface area (Å²) in [5.74, 6) is 0. The summed E-state index contributed by atoms with van der Waals surface area (Å²) in [4.78, 5) is 2.29. The Labute approximate surface area is 194 Å². The normalized spacial score (nSPS) is 17.7. The number of rotatable bonds is 3. The SMILES string of the molecule is CN1C=CC(c2ccccc2)=CC1c1ccccc1/C=c1/c2ccccc2c2n1CC=CC=2. The minimum atomic E-state index is 0.172. The van der Waals surface area contributed by atoms with Gasteiger partial charge in [0.15, 0.2) is 0 Å². The molecule has 0 saturated carbocycles. The highest BCUT2D eigenvalue weighted by molar-refractivity contribution is 5.86. The van der Waals surface area contributed by atoms with E-state index < -0.39 is 0 Å². The fraction of sp³-hybridized carbons (Fsp3) is 0.0968. The van der Waals surface area contributed by atoms with Gasteiger partial charge < -0.3 is 9.47 Å². The zero-order valence-corrected chi connectivity index (χ0v) is 18.7. The number of allylic oxidation sites excluding steroid dienone is 4. The molecule has 1 aromatic heterocycles. The van der Waals surface area contributed by atoms with E-state index in [2.05, 4.69) is 138 Å². The Kier molecular flexibility index (Phi) is 4.84. The molecule has 0 radical (unpaired) electrons. The lowest BCUT2D eigenvalue weighted by molar-refractivity contribution is 0.391. The third-order valence-electron chi connectivity index (χ3n) is 6.72. The molecule has 0 N–H and O–H groups in total. The van der Waals surface area contributed by atoms with E-state index in [1.807, 2.05) is 0 Å². The molecule has 4 aromatic rings. The smallest absolute Gasteiger partial charge is 0.0732 e. The largest absolute Gasteiger partial charge is 0.370 e. The van der Waals surface area contributed by atoms with Crippen LogP contribution in [0.3, 0.4) is 0 Å². The molecule has 2 nitrogen and oxygen atoms in total. The van der Waals surface area contributed by atoms with Crippen molar-refractivity contribution in [2.45, 2.75) is 12.6 Å². The van der Waals surface area contributed by atoms with Gasteiger partial charge in [0.25, 0.3) is 0 Å². The standard InChI is InChI=1S/C31H26N2/c1-32-20-18-24(23-11-3-2-4-12-23)21-30(32)26-14-6-5-13-25(26)22-31-28-16-8-7-15-27(28)29-17-9-10-19-33(29)31/h2-18,20-22,30H,19H2,1H3/b31-22-. The molecular weight excluding hydrogens is 400 g/mol. The van der Waals surface area contributed by atoms with E-state index in [0.717, 1.165) is 6.54 Å². The summed E-state index contributed by atoms with van der Waals surface area (Å²) in [6, 6.07) is 28.4. The molecule has 1 atom stereocenters. The number of nitrogens with zero attached hydrogens (tertiary/aromatic N) is 2. The Balaban J connectivity index is 1.53. The van der Waals surface area contributed by atoms with E-state index >= 15 is 0 Å². The van der Waals surface area contributed by atoms with E-state index in [0.29, 0.717) is 0 Å². The van der Waals surface area contributed by atoms with Crippen molar-refractivity contribution >= 4 is 28.5 Å². The average Bonchev–Trinajstić information content (AvgIpc) is 3.19. The quantitative estimate of drug-likeness (QED) is 0.426. The molecule has 1 unspecified atom stereocenters. The molecule has 0 fully saturated rings. The predicted molar refractivity (Wildman–Crippen MR) is 139 cm³/mol. The maximum absolute atomic E-state index is 2.43. The first kappa shape index (κ1) is 19.6. The lowest BCUT2D eigenvalue weighted by Crippen LogP contribution is -2.28. The van der Waals surface area contributed by atoms with E-state index in [4.69, 9.17) is 0 Å². The predicted octanol–water partition coefficient (Wildman–Crippen LogP) is 5.40. The summed E-state index contributed by atoms with van der Waals surface area (Å²) >= 11 is 0. The molecule has 33 heavy (non-hydrogen) atoms. The molecule has 2 heteroatoms. The Morgan fingerprint density at radius 1 is 0.848 bits per heavy atom. The van der Waals surface area contributed by atoms with Crippen LogP contribution in [0.5, 0.6) is 0 Å². The molecule has 3 heterocycles. The first-order valence-corrected chi connectivity index (χ1v) is 11.5. The van der Waals surface area contributed by atoms with Gasteiger partial charge in [-0.1, -0.05) is 91.0 Å². The van der Waals surface area contributed by atoms with Crippen molar-refractivity contribution in [1.82, 2.24) is 9.47 Å². The van der Waals surface area contributed by atoms with Crippen LogP contribution in [0.2, 0.25) is 0 Å². The summed E-state index contributed by atoms with van der Waals surface area (Å²) in [5, 5.41) is 5.19. The van der Waals surface area contributed by atoms with Crippen molar-refractivity contribution in [2.75, 3.05) is 7.05 Å². The highest BCUT2D eigenvalue weighted by Gasteiger charge is 2.19. The summed E-state index contributed by atoms with van der Waals surface area (Å²) in [5.41, 5.74) is 5.09. The lowest BCUT2D eigenvalue weighted by Gasteiger charge is -2.30. The number of hydrogen-bond acceptors (Lipinski definition) is 1. The minimum absolute atomic E-state index is 0.172. The van der Waals surface area contributed by atoms with Gasteiger partial charge in [0.05, 0.1) is 6.04 Å². The van der Waals surface area contributed by atoms with Crippen LogP contribution in [0.1, 0.15) is 22.7 Å². The van der Waals surface area contributed by atoms with Crippen LogP contribution in [0, 0.1) is 0 Å². The first-order chi connectivity index (χ1) is 16.3. The summed E-state index contributed by atoms with van der Waals surface area (Å²) in [6.45, 7) is 0.901. The average molecular weight is 427 g/mol. The van der Waals surface area contributed by atoms with Gasteiger partial charge in [-0.15, -0.1) is 0 Å². The van der Waals surface area contributed by atoms with Crippen LogP contribution in [-0.2, 0) is 6.54 Å². The molecular formula is C31H26N2. The fourth-order valence-corrected chi connectivity index (χ4v) is 5.03. The van der Waals surface area contributed by atoms with Gasteiger partial charge in [0.2, 0.25) is 0 Å². The number of aromatic nitrogens is 1. The molecule has 0 spiro atoms. The zero-order chi connectivity index (χ0) is 22.2. The van der Waals surface area contributed by atoms with Gasteiger partial charge in [-0.3, -0.25) is 0 Å². The summed E-state index contributed by atoms with van der Waals surface area (Å²) in [6.07, 6.45) is 15.8. The van der Waals surface area contributed by atoms with Crippen molar-refractivity contribution in [3.05, 3.63) is 137 Å². The van der Waals surface area contributed by atoms with Crippen LogP contribution in [0.15, 0.2) is 109 Å². The lowest BCUT2D eigenvalue weighted by atomic mass is 9.93. The van der Waals surface area contributed by atoms with Crippen molar-refractivity contribution in [3.8, 4) is 0 Å². The zero-order valence-electron chi connectivity index (χ0n) is 18.7. The van der Waals surface area contributed by atoms with Gasteiger partial charge in [0, 0.05) is 41.3 Å². The molecule has 0 aliphatic carbocycles. The van der Waals surface area contributed by atoms with E-state index in [9.17, 15) is 0 Å². The van der Waals surface area contributed by atoms with Crippen molar-refractivity contribution in [1.29, 1.82) is 0 Å². The van der Waals surface area contributed by atoms with Crippen molar-refractivity contribution in [2.24, 2.45) is 0 Å². The fourth-order valence-electron chi connectivity index (χ4n) is 5.03. The molecule has 160 valence electrons. The molecule has 0 bridgehead atoms. The maximum atomic E-state index is 2.43. The second-order valence-corrected chi connectivity index (χ2v) is 8.71. The van der Waals surface area contributed by atoms with E-state index in [1.54, 1.807) is 0 Å². The number of hydrogen-bond donors (Lipinski definition) is 0. The molecule has 6 rings (SSSR count). The third-order valence-corrected chi connectivity index (χ3v) is 6.72. The Bertz CT molecular complexity index is 1550. The van der Waals surface area contributed by atoms with Crippen molar-refractivity contribution < 1.29 is 0 Å². The Morgan fingerprint density at radius 2 is 1.61 bits per heavy atom. The van der Waals surface area contributed by atoms with Gasteiger partial charge in [-0.25, -0.2) is 0 Å². The number of fused-ring (bicyclic) bond motifs is 3. The minimum Gasteiger partial charge on any atom is -0.370 e. The monoisotopic (exact) mass is 426 g/mol. The highest BCUT2D eigenvalue weighted by Crippen LogP contribution is 2.32. The van der Waals surface area contributed by atoms with Gasteiger partial charge >= 0.3 is 0 Å². The topological polar surface area (TPSA) is 8.17 Å². The molecule has 3 aromatic carbocycles. The van der Waals surface area contributed by atoms with E-state index in [1.165, 1.54) is 43.7 Å². The maximum Gasteiger partial charge on any atom is 0.0732 e. The number of benzene rings is 3. The van der Waals surface area contributed by atoms with Crippen LogP contribution in [0.25, 0.3) is 28.5 Å². The Morgan fingerprint density at radius 3 is 2.48 bits per heavy atom.